The van der Waals surface area contributed by atoms with E-state index in [1.54, 1.807) is 18.2 Å². The summed E-state index contributed by atoms with van der Waals surface area (Å²) in [6.07, 6.45) is 0.745. The quantitative estimate of drug-likeness (QED) is 0.278. The van der Waals surface area contributed by atoms with Crippen LogP contribution in [0.2, 0.25) is 0 Å². The van der Waals surface area contributed by atoms with Crippen LogP contribution in [0.3, 0.4) is 0 Å². The Kier molecular flexibility index (Phi) is 4.94. The van der Waals surface area contributed by atoms with Crippen LogP contribution in [0.5, 0.6) is 0 Å². The molecule has 1 aromatic rings. The Morgan fingerprint density at radius 3 is 2.95 bits per heavy atom. The molecule has 8 heteroatoms. The van der Waals surface area contributed by atoms with E-state index in [0.29, 0.717) is 17.1 Å². The summed E-state index contributed by atoms with van der Waals surface area (Å²) in [6.45, 7) is 0. The summed E-state index contributed by atoms with van der Waals surface area (Å²) >= 11 is 1.36. The number of nitrogens with one attached hydrogen (secondary N) is 1. The third kappa shape index (κ3) is 3.47. The van der Waals surface area contributed by atoms with Gasteiger partial charge in [-0.05, 0) is 18.9 Å². The minimum atomic E-state index is -0.517. The molecule has 0 spiro atoms. The monoisotopic (exact) mass is 297 g/mol. The average Bonchev–Trinajstić information content (AvgIpc) is 2.93. The lowest BCUT2D eigenvalue weighted by Crippen LogP contribution is -2.39. The first kappa shape index (κ1) is 14.8. The first-order chi connectivity index (χ1) is 9.61. The van der Waals surface area contributed by atoms with Gasteiger partial charge in [0.15, 0.2) is 0 Å². The number of hydrogen-bond donors (Lipinski definition) is 2. The lowest BCUT2D eigenvalue weighted by atomic mass is 10.2. The van der Waals surface area contributed by atoms with Crippen molar-refractivity contribution in [3.8, 4) is 0 Å². The molecule has 0 aromatic heterocycles. The summed E-state index contributed by atoms with van der Waals surface area (Å²) < 4.78 is 5.55. The van der Waals surface area contributed by atoms with Gasteiger partial charge in [-0.2, -0.15) is 0 Å². The molecule has 1 fully saturated rings. The molecule has 1 heterocycles. The molecule has 1 aliphatic heterocycles. The lowest BCUT2D eigenvalue weighted by molar-refractivity contribution is -0.387. The third-order valence-corrected chi connectivity index (χ3v) is 4.22. The van der Waals surface area contributed by atoms with Gasteiger partial charge in [-0.3, -0.25) is 20.3 Å². The summed E-state index contributed by atoms with van der Waals surface area (Å²) in [6, 6.07) is 6.58. The van der Waals surface area contributed by atoms with Crippen LogP contribution in [-0.2, 0) is 9.53 Å². The van der Waals surface area contributed by atoms with Crippen LogP contribution in [0.4, 0.5) is 5.69 Å². The molecule has 20 heavy (non-hydrogen) atoms. The van der Waals surface area contributed by atoms with Gasteiger partial charge >= 0.3 is 0 Å². The van der Waals surface area contributed by atoms with E-state index in [1.165, 1.54) is 17.8 Å². The maximum Gasteiger partial charge on any atom is 0.282 e. The number of benzene rings is 1. The molecule has 0 aliphatic carbocycles. The molecule has 1 aliphatic rings. The molecule has 1 amide bonds. The molecule has 3 N–H and O–H groups in total. The Balaban J connectivity index is 1.91. The third-order valence-electron chi connectivity index (χ3n) is 3.03. The highest BCUT2D eigenvalue weighted by Crippen LogP contribution is 2.32. The number of para-hydroxylation sites is 1. The maximum atomic E-state index is 11.3. The van der Waals surface area contributed by atoms with E-state index in [1.807, 2.05) is 0 Å². The van der Waals surface area contributed by atoms with E-state index in [0.717, 1.165) is 6.42 Å². The zero-order chi connectivity index (χ0) is 14.5. The second-order valence-electron chi connectivity index (χ2n) is 4.37. The number of hydrazine groups is 1. The van der Waals surface area contributed by atoms with E-state index >= 15 is 0 Å². The van der Waals surface area contributed by atoms with Crippen molar-refractivity contribution in [3.05, 3.63) is 34.4 Å². The van der Waals surface area contributed by atoms with Crippen LogP contribution in [0.25, 0.3) is 0 Å². The minimum Gasteiger partial charge on any atom is -0.364 e. The first-order valence-electron chi connectivity index (χ1n) is 6.14. The molecular weight excluding hydrogens is 282 g/mol. The summed E-state index contributed by atoms with van der Waals surface area (Å²) in [5.41, 5.74) is 2.15. The van der Waals surface area contributed by atoms with E-state index in [2.05, 4.69) is 5.43 Å². The number of carbonyl (C=O) groups is 1. The Morgan fingerprint density at radius 1 is 1.50 bits per heavy atom. The van der Waals surface area contributed by atoms with Gasteiger partial charge in [0.2, 0.25) is 0 Å². The van der Waals surface area contributed by atoms with E-state index in [9.17, 15) is 14.9 Å². The standard InChI is InChI=1S/C12H15N3O4S/c13-14-12(16)10-6-5-8(19-10)7-20-11-4-2-1-3-9(11)15(17)18/h1-4,8,10H,5-7,13H2,(H,14,16). The van der Waals surface area contributed by atoms with Crippen molar-refractivity contribution in [2.75, 3.05) is 5.75 Å². The highest BCUT2D eigenvalue weighted by atomic mass is 32.2. The van der Waals surface area contributed by atoms with Gasteiger partial charge in [0, 0.05) is 11.8 Å². The zero-order valence-electron chi connectivity index (χ0n) is 10.7. The first-order valence-corrected chi connectivity index (χ1v) is 7.12. The number of thioether (sulfide) groups is 1. The number of hydrogen-bond acceptors (Lipinski definition) is 6. The van der Waals surface area contributed by atoms with Crippen molar-refractivity contribution in [2.45, 2.75) is 29.9 Å². The van der Waals surface area contributed by atoms with Crippen LogP contribution in [0.1, 0.15) is 12.8 Å². The largest absolute Gasteiger partial charge is 0.364 e. The number of rotatable bonds is 5. The molecule has 1 saturated heterocycles. The van der Waals surface area contributed by atoms with Crippen molar-refractivity contribution < 1.29 is 14.5 Å². The Morgan fingerprint density at radius 2 is 2.25 bits per heavy atom. The van der Waals surface area contributed by atoms with Crippen molar-refractivity contribution in [1.82, 2.24) is 5.43 Å². The van der Waals surface area contributed by atoms with Gasteiger partial charge in [0.25, 0.3) is 11.6 Å². The molecule has 108 valence electrons. The Bertz CT molecular complexity index is 511. The number of ether oxygens (including phenoxy) is 1. The molecule has 2 rings (SSSR count). The lowest BCUT2D eigenvalue weighted by Gasteiger charge is -2.12. The number of nitrogens with two attached hydrogens (primary N) is 1. The van der Waals surface area contributed by atoms with E-state index < -0.39 is 11.0 Å². The Hall–Kier alpha value is -1.64. The number of nitro groups is 1. The summed E-state index contributed by atoms with van der Waals surface area (Å²) in [7, 11) is 0. The van der Waals surface area contributed by atoms with Gasteiger partial charge in [0.1, 0.15) is 6.10 Å². The molecule has 2 unspecified atom stereocenters. The van der Waals surface area contributed by atoms with Gasteiger partial charge in [0.05, 0.1) is 15.9 Å². The fourth-order valence-corrected chi connectivity index (χ4v) is 3.10. The molecule has 1 aromatic carbocycles. The molecule has 0 radical (unpaired) electrons. The van der Waals surface area contributed by atoms with Gasteiger partial charge in [-0.1, -0.05) is 12.1 Å². The van der Waals surface area contributed by atoms with E-state index in [-0.39, 0.29) is 17.7 Å². The smallest absolute Gasteiger partial charge is 0.282 e. The normalized spacial score (nSPS) is 21.6. The van der Waals surface area contributed by atoms with Crippen molar-refractivity contribution >= 4 is 23.4 Å². The van der Waals surface area contributed by atoms with Crippen LogP contribution in [0, 0.1) is 10.1 Å². The fourth-order valence-electron chi connectivity index (χ4n) is 2.03. The average molecular weight is 297 g/mol. The number of carbonyl (C=O) groups excluding carboxylic acids is 1. The van der Waals surface area contributed by atoms with Crippen LogP contribution < -0.4 is 11.3 Å². The maximum absolute atomic E-state index is 11.3. The topological polar surface area (TPSA) is 107 Å². The second-order valence-corrected chi connectivity index (χ2v) is 5.43. The number of nitro benzene ring substituents is 1. The summed E-state index contributed by atoms with van der Waals surface area (Å²) in [5, 5.41) is 10.9. The van der Waals surface area contributed by atoms with Crippen LogP contribution in [0.15, 0.2) is 29.2 Å². The number of nitrogens with zero attached hydrogens (tertiary/aromatic N) is 1. The van der Waals surface area contributed by atoms with Gasteiger partial charge in [-0.25, -0.2) is 5.84 Å². The Labute approximate surface area is 120 Å². The minimum absolute atomic E-state index is 0.0896. The van der Waals surface area contributed by atoms with Gasteiger partial charge in [-0.15, -0.1) is 11.8 Å². The summed E-state index contributed by atoms with van der Waals surface area (Å²) in [5.74, 6) is 5.29. The van der Waals surface area contributed by atoms with Crippen LogP contribution in [-0.4, -0.2) is 28.8 Å². The zero-order valence-corrected chi connectivity index (χ0v) is 11.5. The molecule has 0 bridgehead atoms. The molecule has 7 nitrogen and oxygen atoms in total. The van der Waals surface area contributed by atoms with Crippen molar-refractivity contribution in [1.29, 1.82) is 0 Å². The SMILES string of the molecule is NNC(=O)C1CCC(CSc2ccccc2[N+](=O)[O-])O1. The van der Waals surface area contributed by atoms with Crippen molar-refractivity contribution in [3.63, 3.8) is 0 Å². The molecule has 0 saturated carbocycles. The number of amides is 1. The van der Waals surface area contributed by atoms with Crippen LogP contribution >= 0.6 is 11.8 Å². The highest BCUT2D eigenvalue weighted by Gasteiger charge is 2.30. The molecular formula is C12H15N3O4S. The summed E-state index contributed by atoms with van der Waals surface area (Å²) in [4.78, 5) is 22.4. The van der Waals surface area contributed by atoms with E-state index in [4.69, 9.17) is 10.6 Å². The fraction of sp³-hybridized carbons (Fsp3) is 0.417. The second kappa shape index (κ2) is 6.69. The predicted octanol–water partition coefficient (Wildman–Crippen LogP) is 1.22. The van der Waals surface area contributed by atoms with Gasteiger partial charge < -0.3 is 4.74 Å². The highest BCUT2D eigenvalue weighted by molar-refractivity contribution is 7.99. The molecule has 2 atom stereocenters. The predicted molar refractivity (Wildman–Crippen MR) is 74.0 cm³/mol. The van der Waals surface area contributed by atoms with Crippen molar-refractivity contribution in [2.24, 2.45) is 5.84 Å².